The number of aliphatic hydroxyl groups excluding tert-OH is 1. The van der Waals surface area contributed by atoms with Gasteiger partial charge < -0.3 is 24.2 Å². The molecule has 2 fully saturated rings. The molecule has 0 spiro atoms. The number of Topliss-reactive ketones (excluding diaryl/α,β-unsaturated/α-hetero) is 1. The van der Waals surface area contributed by atoms with E-state index in [0.29, 0.717) is 55.4 Å². The van der Waals surface area contributed by atoms with Gasteiger partial charge in [0.05, 0.1) is 44.1 Å². The summed E-state index contributed by atoms with van der Waals surface area (Å²) in [7, 11) is 1.30. The Morgan fingerprint density at radius 1 is 1.05 bits per heavy atom. The van der Waals surface area contributed by atoms with Crippen LogP contribution in [0.4, 0.5) is 0 Å². The van der Waals surface area contributed by atoms with E-state index in [4.69, 9.17) is 14.2 Å². The number of rotatable bonds is 10. The number of esters is 1. The van der Waals surface area contributed by atoms with Crippen LogP contribution in [0.5, 0.6) is 5.75 Å². The van der Waals surface area contributed by atoms with E-state index in [0.717, 1.165) is 25.9 Å². The molecule has 1 atom stereocenters. The lowest BCUT2D eigenvalue weighted by atomic mass is 9.94. The molecule has 2 heterocycles. The predicted octanol–water partition coefficient (Wildman–Crippen LogP) is 3.41. The fraction of sp³-hybridized carbons (Fsp3) is 0.414. The van der Waals surface area contributed by atoms with Gasteiger partial charge in [0, 0.05) is 31.7 Å². The van der Waals surface area contributed by atoms with Crippen molar-refractivity contribution in [3.8, 4) is 5.75 Å². The molecule has 2 aliphatic rings. The Balaban J connectivity index is 1.71. The summed E-state index contributed by atoms with van der Waals surface area (Å²) in [6.07, 6.45) is 1.88. The average Bonchev–Trinajstić information content (AvgIpc) is 3.21. The van der Waals surface area contributed by atoms with Gasteiger partial charge in [0.2, 0.25) is 0 Å². The Morgan fingerprint density at radius 2 is 1.79 bits per heavy atom. The molecule has 2 aromatic carbocycles. The number of carbonyl (C=O) groups is 3. The fourth-order valence-electron chi connectivity index (χ4n) is 4.67. The first-order valence-electron chi connectivity index (χ1n) is 12.9. The van der Waals surface area contributed by atoms with Crippen molar-refractivity contribution >= 4 is 23.4 Å². The first-order chi connectivity index (χ1) is 18.4. The number of morpholine rings is 1. The van der Waals surface area contributed by atoms with E-state index < -0.39 is 23.7 Å². The van der Waals surface area contributed by atoms with E-state index in [2.05, 4.69) is 11.8 Å². The Kier molecular flexibility index (Phi) is 9.15. The normalized spacial score (nSPS) is 19.5. The lowest BCUT2D eigenvalue weighted by Gasteiger charge is -2.31. The highest BCUT2D eigenvalue weighted by Crippen LogP contribution is 2.39. The molecule has 1 amide bonds. The summed E-state index contributed by atoms with van der Waals surface area (Å²) in [6.45, 7) is 6.20. The first-order valence-corrected chi connectivity index (χ1v) is 12.9. The number of nitrogens with zero attached hydrogens (tertiary/aromatic N) is 2. The standard InChI is InChI=1S/C29H34N2O7/c1-3-4-16-38-23-7-5-6-22(19-23)26(32)24-25(20-8-10-21(11-9-20)29(35)36-2)31(28(34)27(24)33)13-12-30-14-17-37-18-15-30/h5-11,19,25,32H,3-4,12-18H2,1-2H3. The van der Waals surface area contributed by atoms with Gasteiger partial charge in [-0.1, -0.05) is 37.6 Å². The number of hydrogen-bond acceptors (Lipinski definition) is 8. The summed E-state index contributed by atoms with van der Waals surface area (Å²) in [5.74, 6) is -1.60. The second kappa shape index (κ2) is 12.7. The van der Waals surface area contributed by atoms with E-state index in [9.17, 15) is 19.5 Å². The molecule has 9 nitrogen and oxygen atoms in total. The van der Waals surface area contributed by atoms with Crippen molar-refractivity contribution in [1.82, 2.24) is 9.80 Å². The molecule has 2 aromatic rings. The summed E-state index contributed by atoms with van der Waals surface area (Å²) in [5, 5.41) is 11.4. The highest BCUT2D eigenvalue weighted by Gasteiger charge is 2.46. The van der Waals surface area contributed by atoms with Gasteiger partial charge in [-0.25, -0.2) is 4.79 Å². The zero-order valence-corrected chi connectivity index (χ0v) is 21.9. The SMILES string of the molecule is CCCCOc1cccc(C(O)=C2C(=O)C(=O)N(CCN3CCOCC3)C2c2ccc(C(=O)OC)cc2)c1. The number of benzene rings is 2. The minimum Gasteiger partial charge on any atom is -0.507 e. The van der Waals surface area contributed by atoms with Gasteiger partial charge in [0.1, 0.15) is 11.5 Å². The van der Waals surface area contributed by atoms with Gasteiger partial charge in [-0.2, -0.15) is 0 Å². The highest BCUT2D eigenvalue weighted by molar-refractivity contribution is 6.46. The number of hydrogen-bond donors (Lipinski definition) is 1. The first kappa shape index (κ1) is 27.3. The van der Waals surface area contributed by atoms with Gasteiger partial charge in [0.25, 0.3) is 11.7 Å². The maximum absolute atomic E-state index is 13.3. The zero-order valence-electron chi connectivity index (χ0n) is 21.9. The maximum atomic E-state index is 13.3. The Bertz CT molecular complexity index is 1190. The van der Waals surface area contributed by atoms with Crippen LogP contribution in [0.3, 0.4) is 0 Å². The van der Waals surface area contributed by atoms with Crippen LogP contribution in [0.25, 0.3) is 5.76 Å². The summed E-state index contributed by atoms with van der Waals surface area (Å²) < 4.78 is 16.0. The number of ketones is 1. The average molecular weight is 523 g/mol. The van der Waals surface area contributed by atoms with Crippen molar-refractivity contribution in [1.29, 1.82) is 0 Å². The number of aliphatic hydroxyl groups is 1. The quantitative estimate of drug-likeness (QED) is 0.166. The molecule has 1 N–H and O–H groups in total. The van der Waals surface area contributed by atoms with Crippen molar-refractivity contribution in [2.75, 3.05) is 53.1 Å². The van der Waals surface area contributed by atoms with E-state index in [-0.39, 0.29) is 11.3 Å². The minimum atomic E-state index is -0.813. The number of unbranched alkanes of at least 4 members (excludes halogenated alkanes) is 1. The molecule has 2 aliphatic heterocycles. The molecule has 202 valence electrons. The molecule has 4 rings (SSSR count). The molecule has 0 aliphatic carbocycles. The van der Waals surface area contributed by atoms with Crippen molar-refractivity contribution in [3.05, 3.63) is 70.8 Å². The third kappa shape index (κ3) is 6.06. The van der Waals surface area contributed by atoms with Crippen LogP contribution < -0.4 is 4.74 Å². The van der Waals surface area contributed by atoms with Crippen molar-refractivity contribution in [3.63, 3.8) is 0 Å². The summed E-state index contributed by atoms with van der Waals surface area (Å²) in [4.78, 5) is 42.2. The van der Waals surface area contributed by atoms with Gasteiger partial charge in [-0.15, -0.1) is 0 Å². The molecule has 0 radical (unpaired) electrons. The van der Waals surface area contributed by atoms with E-state index >= 15 is 0 Å². The lowest BCUT2D eigenvalue weighted by Crippen LogP contribution is -2.42. The minimum absolute atomic E-state index is 0.00787. The summed E-state index contributed by atoms with van der Waals surface area (Å²) >= 11 is 0. The molecular weight excluding hydrogens is 488 g/mol. The number of carbonyl (C=O) groups excluding carboxylic acids is 3. The van der Waals surface area contributed by atoms with E-state index in [1.807, 2.05) is 0 Å². The van der Waals surface area contributed by atoms with Crippen LogP contribution in [0.15, 0.2) is 54.1 Å². The fourth-order valence-corrected chi connectivity index (χ4v) is 4.67. The topological polar surface area (TPSA) is 106 Å². The number of ether oxygens (including phenoxy) is 3. The monoisotopic (exact) mass is 522 g/mol. The van der Waals surface area contributed by atoms with Gasteiger partial charge in [0.15, 0.2) is 0 Å². The molecule has 9 heteroatoms. The van der Waals surface area contributed by atoms with Crippen molar-refractivity contribution in [2.24, 2.45) is 0 Å². The summed E-state index contributed by atoms with van der Waals surface area (Å²) in [5.41, 5.74) is 1.35. The molecule has 0 saturated carbocycles. The van der Waals surface area contributed by atoms with Gasteiger partial charge in [-0.05, 0) is 36.2 Å². The van der Waals surface area contributed by atoms with Crippen molar-refractivity contribution in [2.45, 2.75) is 25.8 Å². The van der Waals surface area contributed by atoms with E-state index in [1.165, 1.54) is 12.0 Å². The number of methoxy groups -OCH3 is 1. The largest absolute Gasteiger partial charge is 0.507 e. The highest BCUT2D eigenvalue weighted by atomic mass is 16.5. The van der Waals surface area contributed by atoms with Crippen LogP contribution in [0, 0.1) is 0 Å². The Labute approximate surface area is 222 Å². The molecular formula is C29H34N2O7. The second-order valence-electron chi connectivity index (χ2n) is 9.29. The third-order valence-corrected chi connectivity index (χ3v) is 6.82. The molecule has 2 saturated heterocycles. The van der Waals surface area contributed by atoms with Crippen LogP contribution in [0.2, 0.25) is 0 Å². The predicted molar refractivity (Wildman–Crippen MR) is 141 cm³/mol. The third-order valence-electron chi connectivity index (χ3n) is 6.82. The van der Waals surface area contributed by atoms with E-state index in [1.54, 1.807) is 48.5 Å². The molecule has 38 heavy (non-hydrogen) atoms. The van der Waals surface area contributed by atoms with Crippen LogP contribution in [-0.2, 0) is 19.1 Å². The lowest BCUT2D eigenvalue weighted by molar-refractivity contribution is -0.140. The van der Waals surface area contributed by atoms with Gasteiger partial charge in [-0.3, -0.25) is 14.5 Å². The van der Waals surface area contributed by atoms with Crippen molar-refractivity contribution < 1.29 is 33.7 Å². The second-order valence-corrected chi connectivity index (χ2v) is 9.29. The molecule has 0 bridgehead atoms. The Morgan fingerprint density at radius 3 is 2.47 bits per heavy atom. The van der Waals surface area contributed by atoms with Crippen LogP contribution in [0.1, 0.15) is 47.3 Å². The van der Waals surface area contributed by atoms with Crippen LogP contribution in [-0.4, -0.2) is 85.7 Å². The smallest absolute Gasteiger partial charge is 0.337 e. The number of likely N-dealkylation sites (tertiary alicyclic amines) is 1. The summed E-state index contributed by atoms with van der Waals surface area (Å²) in [6, 6.07) is 12.6. The van der Waals surface area contributed by atoms with Gasteiger partial charge >= 0.3 is 5.97 Å². The van der Waals surface area contributed by atoms with Crippen LogP contribution >= 0.6 is 0 Å². The Hall–Kier alpha value is -3.69. The molecule has 0 aromatic heterocycles. The molecule has 1 unspecified atom stereocenters. The maximum Gasteiger partial charge on any atom is 0.337 e. The zero-order chi connectivity index (χ0) is 27.1. The number of amides is 1.